The molecule has 40 valence electrons. The van der Waals surface area contributed by atoms with Gasteiger partial charge in [0.05, 0.1) is 0 Å². The number of hydrogen-bond donors (Lipinski definition) is 1. The van der Waals surface area contributed by atoms with Crippen molar-refractivity contribution in [2.75, 3.05) is 13.7 Å². The molecule has 0 aromatic heterocycles. The average molecular weight is 99.1 g/mol. The smallest absolute Gasteiger partial charge is 0.129 e. The Balaban J connectivity index is 3.23. The monoisotopic (exact) mass is 99.1 g/mol. The van der Waals surface area contributed by atoms with Crippen LogP contribution in [-0.2, 0) is 4.74 Å². The van der Waals surface area contributed by atoms with Crippen LogP contribution in [0.2, 0.25) is 0 Å². The van der Waals surface area contributed by atoms with E-state index in [9.17, 15) is 0 Å². The third-order valence-corrected chi connectivity index (χ3v) is 0.684. The quantitative estimate of drug-likeness (QED) is 0.478. The second-order valence-electron chi connectivity index (χ2n) is 1.13. The maximum Gasteiger partial charge on any atom is 0.129 e. The fraction of sp³-hybridized carbons (Fsp3) is 0.600. The lowest BCUT2D eigenvalue weighted by molar-refractivity contribution is 0.155. The summed E-state index contributed by atoms with van der Waals surface area (Å²) in [7, 11) is 1.54. The van der Waals surface area contributed by atoms with Crippen molar-refractivity contribution in [3.63, 3.8) is 0 Å². The van der Waals surface area contributed by atoms with Crippen LogP contribution in [0.1, 0.15) is 0 Å². The van der Waals surface area contributed by atoms with Gasteiger partial charge in [-0.3, -0.25) is 0 Å². The zero-order chi connectivity index (χ0) is 5.70. The summed E-state index contributed by atoms with van der Waals surface area (Å²) in [5.74, 6) is 2.35. The van der Waals surface area contributed by atoms with Crippen LogP contribution in [-0.4, -0.2) is 19.8 Å². The van der Waals surface area contributed by atoms with E-state index in [0.29, 0.717) is 6.54 Å². The number of methoxy groups -OCH3 is 1. The molecular weight excluding hydrogens is 90.1 g/mol. The number of hydrogen-bond acceptors (Lipinski definition) is 2. The van der Waals surface area contributed by atoms with Crippen LogP contribution in [0.5, 0.6) is 0 Å². The molecule has 2 heteroatoms. The Morgan fingerprint density at radius 1 is 2.00 bits per heavy atom. The molecule has 0 rings (SSSR count). The molecule has 0 aromatic rings. The first kappa shape index (κ1) is 6.48. The van der Waals surface area contributed by atoms with E-state index >= 15 is 0 Å². The molecule has 7 heavy (non-hydrogen) atoms. The highest BCUT2D eigenvalue weighted by Gasteiger charge is 1.93. The highest BCUT2D eigenvalue weighted by Crippen LogP contribution is 1.78. The lowest BCUT2D eigenvalue weighted by atomic mass is 10.4. The van der Waals surface area contributed by atoms with Gasteiger partial charge in [0.1, 0.15) is 6.10 Å². The van der Waals surface area contributed by atoms with E-state index < -0.39 is 0 Å². The maximum absolute atomic E-state index is 5.13. The van der Waals surface area contributed by atoms with E-state index in [2.05, 4.69) is 10.7 Å². The van der Waals surface area contributed by atoms with Crippen molar-refractivity contribution < 1.29 is 4.74 Å². The summed E-state index contributed by atoms with van der Waals surface area (Å²) >= 11 is 0. The van der Waals surface area contributed by atoms with E-state index in [4.69, 9.17) is 12.2 Å². The highest BCUT2D eigenvalue weighted by atomic mass is 16.5. The fourth-order valence-corrected chi connectivity index (χ4v) is 0.232. The summed E-state index contributed by atoms with van der Waals surface area (Å²) in [5.41, 5.74) is 5.13. The molecule has 0 radical (unpaired) electrons. The van der Waals surface area contributed by atoms with Crippen LogP contribution in [0.25, 0.3) is 0 Å². The molecule has 1 atom stereocenters. The minimum absolute atomic E-state index is 0.208. The van der Waals surface area contributed by atoms with Crippen LogP contribution >= 0.6 is 0 Å². The zero-order valence-corrected chi connectivity index (χ0v) is 4.35. The summed E-state index contributed by atoms with van der Waals surface area (Å²) in [6.45, 7) is 0.396. The van der Waals surface area contributed by atoms with E-state index in [1.807, 2.05) is 0 Å². The fourth-order valence-electron chi connectivity index (χ4n) is 0.232. The van der Waals surface area contributed by atoms with Crippen molar-refractivity contribution in [1.29, 1.82) is 0 Å². The molecule has 0 spiro atoms. The van der Waals surface area contributed by atoms with Crippen molar-refractivity contribution in [3.05, 3.63) is 0 Å². The Kier molecular flexibility index (Phi) is 3.39. The molecule has 2 nitrogen and oxygen atoms in total. The molecule has 0 aliphatic rings. The molecular formula is C5H9NO. The molecule has 0 aromatic carbocycles. The Bertz CT molecular complexity index is 70.6. The molecule has 0 saturated heterocycles. The van der Waals surface area contributed by atoms with Gasteiger partial charge in [0, 0.05) is 13.7 Å². The predicted octanol–water partition coefficient (Wildman–Crippen LogP) is -0.407. The maximum atomic E-state index is 5.13. The van der Waals surface area contributed by atoms with Crippen LogP contribution in [0, 0.1) is 12.3 Å². The first-order valence-electron chi connectivity index (χ1n) is 2.04. The van der Waals surface area contributed by atoms with Gasteiger partial charge in [-0.15, -0.1) is 6.42 Å². The topological polar surface area (TPSA) is 35.2 Å². The molecule has 1 unspecified atom stereocenters. The van der Waals surface area contributed by atoms with Crippen molar-refractivity contribution in [1.82, 2.24) is 0 Å². The van der Waals surface area contributed by atoms with Gasteiger partial charge >= 0.3 is 0 Å². The van der Waals surface area contributed by atoms with Gasteiger partial charge in [-0.2, -0.15) is 0 Å². The normalized spacial score (nSPS) is 12.7. The van der Waals surface area contributed by atoms with Crippen LogP contribution < -0.4 is 5.73 Å². The van der Waals surface area contributed by atoms with Gasteiger partial charge in [-0.05, 0) is 0 Å². The van der Waals surface area contributed by atoms with E-state index in [1.165, 1.54) is 7.11 Å². The summed E-state index contributed by atoms with van der Waals surface area (Å²) in [4.78, 5) is 0. The van der Waals surface area contributed by atoms with Gasteiger partial charge in [-0.1, -0.05) is 5.92 Å². The Morgan fingerprint density at radius 3 is 2.57 bits per heavy atom. The highest BCUT2D eigenvalue weighted by molar-refractivity contribution is 4.94. The third-order valence-electron chi connectivity index (χ3n) is 0.684. The summed E-state index contributed by atoms with van der Waals surface area (Å²) < 4.78 is 4.69. The van der Waals surface area contributed by atoms with Crippen molar-refractivity contribution in [2.45, 2.75) is 6.10 Å². The Hall–Kier alpha value is -0.520. The third kappa shape index (κ3) is 2.21. The number of ether oxygens (including phenoxy) is 1. The average Bonchev–Trinajstić information content (AvgIpc) is 1.72. The van der Waals surface area contributed by atoms with E-state index in [-0.39, 0.29) is 6.10 Å². The first-order chi connectivity index (χ1) is 3.35. The van der Waals surface area contributed by atoms with Crippen molar-refractivity contribution in [2.24, 2.45) is 5.73 Å². The standard InChI is InChI=1S/C5H9NO/c1-3-5(4-6)7-2/h1,5H,4,6H2,2H3. The van der Waals surface area contributed by atoms with Crippen LogP contribution in [0.4, 0.5) is 0 Å². The van der Waals surface area contributed by atoms with Crippen molar-refractivity contribution >= 4 is 0 Å². The minimum Gasteiger partial charge on any atom is -0.367 e. The van der Waals surface area contributed by atoms with Crippen LogP contribution in [0.3, 0.4) is 0 Å². The number of terminal acetylenes is 1. The summed E-state index contributed by atoms with van der Waals surface area (Å²) in [5, 5.41) is 0. The van der Waals surface area contributed by atoms with Crippen molar-refractivity contribution in [3.8, 4) is 12.3 Å². The Morgan fingerprint density at radius 2 is 2.57 bits per heavy atom. The molecule has 0 aliphatic heterocycles. The summed E-state index contributed by atoms with van der Waals surface area (Å²) in [6, 6.07) is 0. The molecule has 0 aliphatic carbocycles. The molecule has 0 heterocycles. The number of rotatable bonds is 2. The molecule has 2 N–H and O–H groups in total. The SMILES string of the molecule is C#CC(CN)OC. The number of nitrogens with two attached hydrogens (primary N) is 1. The molecule has 0 saturated carbocycles. The van der Waals surface area contributed by atoms with Gasteiger partial charge in [0.2, 0.25) is 0 Å². The van der Waals surface area contributed by atoms with E-state index in [1.54, 1.807) is 0 Å². The lowest BCUT2D eigenvalue weighted by Gasteiger charge is -2.00. The molecule has 0 bridgehead atoms. The van der Waals surface area contributed by atoms with E-state index in [0.717, 1.165) is 0 Å². The molecule has 0 fully saturated rings. The zero-order valence-electron chi connectivity index (χ0n) is 4.35. The lowest BCUT2D eigenvalue weighted by Crippen LogP contribution is -2.19. The second kappa shape index (κ2) is 3.66. The Labute approximate surface area is 43.7 Å². The largest absolute Gasteiger partial charge is 0.367 e. The molecule has 0 amide bonds. The summed E-state index contributed by atoms with van der Waals surface area (Å²) in [6.07, 6.45) is 4.73. The predicted molar refractivity (Wildman–Crippen MR) is 28.7 cm³/mol. The van der Waals surface area contributed by atoms with Gasteiger partial charge in [-0.25, -0.2) is 0 Å². The van der Waals surface area contributed by atoms with Gasteiger partial charge in [0.15, 0.2) is 0 Å². The van der Waals surface area contributed by atoms with Crippen LogP contribution in [0.15, 0.2) is 0 Å². The minimum atomic E-state index is -0.208. The first-order valence-corrected chi connectivity index (χ1v) is 2.04. The second-order valence-corrected chi connectivity index (χ2v) is 1.13. The van der Waals surface area contributed by atoms with Gasteiger partial charge in [0.25, 0.3) is 0 Å². The van der Waals surface area contributed by atoms with Gasteiger partial charge < -0.3 is 10.5 Å².